The van der Waals surface area contributed by atoms with Crippen molar-refractivity contribution in [2.24, 2.45) is 5.92 Å². The molecule has 0 spiro atoms. The van der Waals surface area contributed by atoms with Gasteiger partial charge in [0.2, 0.25) is 5.95 Å². The molecule has 0 amide bonds. The Balaban J connectivity index is 1.68. The maximum absolute atomic E-state index is 11.7. The molecule has 2 fully saturated rings. The van der Waals surface area contributed by atoms with Gasteiger partial charge in [0, 0.05) is 12.8 Å². The van der Waals surface area contributed by atoms with Crippen LogP contribution in [-0.2, 0) is 9.47 Å². The van der Waals surface area contributed by atoms with Crippen molar-refractivity contribution in [1.29, 1.82) is 0 Å². The van der Waals surface area contributed by atoms with Crippen molar-refractivity contribution in [2.75, 3.05) is 18.5 Å². The second-order valence-electron chi connectivity index (χ2n) is 5.63. The van der Waals surface area contributed by atoms with E-state index in [1.165, 1.54) is 19.0 Å². The minimum Gasteiger partial charge on any atom is -0.462 e. The number of carbonyl (C=O) groups is 1. The molecular weight excluding hydrogens is 270 g/mol. The van der Waals surface area contributed by atoms with E-state index >= 15 is 0 Å². The quantitative estimate of drug-likeness (QED) is 0.836. The van der Waals surface area contributed by atoms with E-state index in [1.54, 1.807) is 13.8 Å². The molecule has 1 aliphatic heterocycles. The van der Waals surface area contributed by atoms with Crippen LogP contribution in [0.25, 0.3) is 0 Å². The van der Waals surface area contributed by atoms with Crippen LogP contribution in [0.3, 0.4) is 0 Å². The van der Waals surface area contributed by atoms with Gasteiger partial charge < -0.3 is 14.8 Å². The topological polar surface area (TPSA) is 73.3 Å². The summed E-state index contributed by atoms with van der Waals surface area (Å²) in [6.07, 6.45) is 5.29. The lowest BCUT2D eigenvalue weighted by Gasteiger charge is -2.19. The first kappa shape index (κ1) is 14.3. The predicted octanol–water partition coefficient (Wildman–Crippen LogP) is 1.94. The lowest BCUT2D eigenvalue weighted by Crippen LogP contribution is -2.31. The number of aryl methyl sites for hydroxylation is 1. The zero-order valence-corrected chi connectivity index (χ0v) is 12.5. The van der Waals surface area contributed by atoms with Crippen molar-refractivity contribution in [2.45, 2.75) is 45.3 Å². The summed E-state index contributed by atoms with van der Waals surface area (Å²) in [5.74, 6) is 0.869. The number of anilines is 1. The summed E-state index contributed by atoms with van der Waals surface area (Å²) in [4.78, 5) is 20.3. The van der Waals surface area contributed by atoms with Crippen molar-refractivity contribution in [3.05, 3.63) is 17.5 Å². The molecule has 1 aromatic rings. The third-order valence-corrected chi connectivity index (χ3v) is 4.01. The summed E-state index contributed by atoms with van der Waals surface area (Å²) in [6.45, 7) is 4.71. The zero-order chi connectivity index (χ0) is 14.8. The van der Waals surface area contributed by atoms with Crippen molar-refractivity contribution >= 4 is 11.9 Å². The first-order valence-corrected chi connectivity index (χ1v) is 7.58. The predicted molar refractivity (Wildman–Crippen MR) is 77.2 cm³/mol. The Morgan fingerprint density at radius 2 is 2.29 bits per heavy atom. The van der Waals surface area contributed by atoms with Gasteiger partial charge in [-0.1, -0.05) is 0 Å². The number of esters is 1. The first-order valence-electron chi connectivity index (χ1n) is 7.58. The van der Waals surface area contributed by atoms with Crippen molar-refractivity contribution in [1.82, 2.24) is 9.97 Å². The molecule has 6 heteroatoms. The summed E-state index contributed by atoms with van der Waals surface area (Å²) in [5, 5.41) is 3.35. The lowest BCUT2D eigenvalue weighted by atomic mass is 10.1. The molecule has 1 aliphatic carbocycles. The minimum atomic E-state index is -0.374. The van der Waals surface area contributed by atoms with E-state index in [0.717, 1.165) is 13.0 Å². The molecule has 0 radical (unpaired) electrons. The molecule has 2 atom stereocenters. The van der Waals surface area contributed by atoms with Gasteiger partial charge in [-0.05, 0) is 39.0 Å². The Hall–Kier alpha value is -1.69. The van der Waals surface area contributed by atoms with E-state index in [2.05, 4.69) is 15.3 Å². The fraction of sp³-hybridized carbons (Fsp3) is 0.667. The Morgan fingerprint density at radius 1 is 1.48 bits per heavy atom. The number of aromatic nitrogens is 2. The fourth-order valence-corrected chi connectivity index (χ4v) is 2.77. The highest BCUT2D eigenvalue weighted by molar-refractivity contribution is 5.90. The van der Waals surface area contributed by atoms with E-state index in [9.17, 15) is 4.79 Å². The van der Waals surface area contributed by atoms with Gasteiger partial charge >= 0.3 is 5.97 Å². The maximum atomic E-state index is 11.7. The zero-order valence-electron chi connectivity index (χ0n) is 12.5. The van der Waals surface area contributed by atoms with Gasteiger partial charge in [0.05, 0.1) is 30.0 Å². The normalized spacial score (nSPS) is 24.9. The second kappa shape index (κ2) is 5.97. The third kappa shape index (κ3) is 3.15. The lowest BCUT2D eigenvalue weighted by molar-refractivity contribution is 0.0524. The largest absolute Gasteiger partial charge is 0.462 e. The van der Waals surface area contributed by atoms with Crippen LogP contribution in [0.1, 0.15) is 42.2 Å². The number of rotatable bonds is 5. The molecule has 21 heavy (non-hydrogen) atoms. The molecule has 2 aliphatic rings. The molecule has 2 unspecified atom stereocenters. The Kier molecular flexibility index (Phi) is 4.05. The van der Waals surface area contributed by atoms with Gasteiger partial charge in [-0.2, -0.15) is 0 Å². The Morgan fingerprint density at radius 3 is 2.95 bits per heavy atom. The summed E-state index contributed by atoms with van der Waals surface area (Å²) in [7, 11) is 0. The van der Waals surface area contributed by atoms with Crippen molar-refractivity contribution in [3.63, 3.8) is 0 Å². The molecule has 1 N–H and O–H groups in total. The van der Waals surface area contributed by atoms with Crippen LogP contribution in [0.5, 0.6) is 0 Å². The van der Waals surface area contributed by atoms with Gasteiger partial charge in [0.1, 0.15) is 0 Å². The third-order valence-electron chi connectivity index (χ3n) is 4.01. The molecule has 0 bridgehead atoms. The van der Waals surface area contributed by atoms with Crippen LogP contribution in [-0.4, -0.2) is 41.3 Å². The number of carbonyl (C=O) groups excluding carboxylic acids is 1. The van der Waals surface area contributed by atoms with Gasteiger partial charge in [0.25, 0.3) is 0 Å². The average molecular weight is 291 g/mol. The SMILES string of the molecule is CCOC(=O)c1cnc(NC2CCOC2C2CC2)nc1C. The first-order chi connectivity index (χ1) is 10.2. The fourth-order valence-electron chi connectivity index (χ4n) is 2.77. The van der Waals surface area contributed by atoms with E-state index in [-0.39, 0.29) is 18.1 Å². The van der Waals surface area contributed by atoms with Gasteiger partial charge in [-0.15, -0.1) is 0 Å². The minimum absolute atomic E-state index is 0.269. The summed E-state index contributed by atoms with van der Waals surface area (Å²) >= 11 is 0. The van der Waals surface area contributed by atoms with E-state index in [0.29, 0.717) is 29.7 Å². The van der Waals surface area contributed by atoms with Crippen LogP contribution in [0.4, 0.5) is 5.95 Å². The molecule has 1 aromatic heterocycles. The molecule has 1 saturated carbocycles. The van der Waals surface area contributed by atoms with Gasteiger partial charge in [0.15, 0.2) is 0 Å². The van der Waals surface area contributed by atoms with E-state index in [4.69, 9.17) is 9.47 Å². The smallest absolute Gasteiger partial charge is 0.341 e. The number of hydrogen-bond acceptors (Lipinski definition) is 6. The Labute approximate surface area is 124 Å². The number of ether oxygens (including phenoxy) is 2. The highest BCUT2D eigenvalue weighted by atomic mass is 16.5. The van der Waals surface area contributed by atoms with Crippen LogP contribution in [0.2, 0.25) is 0 Å². The average Bonchev–Trinajstić information content (AvgIpc) is 3.20. The molecule has 0 aromatic carbocycles. The molecule has 2 heterocycles. The van der Waals surface area contributed by atoms with E-state index < -0.39 is 0 Å². The standard InChI is InChI=1S/C15H21N3O3/c1-3-20-14(19)11-8-16-15(17-9(11)2)18-12-6-7-21-13(12)10-4-5-10/h8,10,12-13H,3-7H2,1-2H3,(H,16,17,18). The Bertz CT molecular complexity index is 531. The molecule has 1 saturated heterocycles. The number of nitrogens with zero attached hydrogens (tertiary/aromatic N) is 2. The van der Waals surface area contributed by atoms with Crippen LogP contribution in [0, 0.1) is 12.8 Å². The highest BCUT2D eigenvalue weighted by Gasteiger charge is 2.40. The van der Waals surface area contributed by atoms with Crippen LogP contribution in [0.15, 0.2) is 6.20 Å². The molecular formula is C15H21N3O3. The van der Waals surface area contributed by atoms with Crippen molar-refractivity contribution < 1.29 is 14.3 Å². The van der Waals surface area contributed by atoms with E-state index in [1.807, 2.05) is 0 Å². The summed E-state index contributed by atoms with van der Waals surface area (Å²) < 4.78 is 10.8. The maximum Gasteiger partial charge on any atom is 0.341 e. The number of hydrogen-bond donors (Lipinski definition) is 1. The van der Waals surface area contributed by atoms with Crippen LogP contribution >= 0.6 is 0 Å². The van der Waals surface area contributed by atoms with Crippen LogP contribution < -0.4 is 5.32 Å². The molecule has 3 rings (SSSR count). The summed E-state index contributed by atoms with van der Waals surface area (Å²) in [5.41, 5.74) is 1.05. The number of nitrogens with one attached hydrogen (secondary N) is 1. The second-order valence-corrected chi connectivity index (χ2v) is 5.63. The highest BCUT2D eigenvalue weighted by Crippen LogP contribution is 2.39. The van der Waals surface area contributed by atoms with Gasteiger partial charge in [-0.3, -0.25) is 0 Å². The van der Waals surface area contributed by atoms with Crippen molar-refractivity contribution in [3.8, 4) is 0 Å². The summed E-state index contributed by atoms with van der Waals surface area (Å²) in [6, 6.07) is 0.269. The van der Waals surface area contributed by atoms with Gasteiger partial charge in [-0.25, -0.2) is 14.8 Å². The molecule has 6 nitrogen and oxygen atoms in total. The molecule has 114 valence electrons. The monoisotopic (exact) mass is 291 g/mol.